The van der Waals surface area contributed by atoms with E-state index in [-0.39, 0.29) is 23.7 Å². The molecule has 2 atom stereocenters. The Bertz CT molecular complexity index is 822. The van der Waals surface area contributed by atoms with Crippen LogP contribution in [0, 0.1) is 5.92 Å². The van der Waals surface area contributed by atoms with Gasteiger partial charge in [-0.15, -0.1) is 0 Å². The molecule has 1 aliphatic carbocycles. The Morgan fingerprint density at radius 1 is 1.36 bits per heavy atom. The molecule has 1 heterocycles. The summed E-state index contributed by atoms with van der Waals surface area (Å²) in [5.74, 6) is -0.690. The summed E-state index contributed by atoms with van der Waals surface area (Å²) >= 11 is 3.50. The molecule has 2 N–H and O–H groups in total. The molecule has 0 bridgehead atoms. The van der Waals surface area contributed by atoms with E-state index in [9.17, 15) is 9.59 Å². The first-order chi connectivity index (χ1) is 12.0. The van der Waals surface area contributed by atoms with Crippen LogP contribution in [0.5, 0.6) is 0 Å². The maximum atomic E-state index is 12.5. The van der Waals surface area contributed by atoms with E-state index < -0.39 is 0 Å². The predicted octanol–water partition coefficient (Wildman–Crippen LogP) is 3.93. The van der Waals surface area contributed by atoms with E-state index in [1.807, 2.05) is 18.2 Å². The third kappa shape index (κ3) is 3.68. The molecule has 3 rings (SSSR count). The molecule has 132 valence electrons. The summed E-state index contributed by atoms with van der Waals surface area (Å²) in [4.78, 5) is 28.6. The van der Waals surface area contributed by atoms with Crippen molar-refractivity contribution in [2.24, 2.45) is 11.7 Å². The number of carbonyl (C=O) groups is 2. The van der Waals surface area contributed by atoms with Gasteiger partial charge < -0.3 is 10.5 Å². The lowest BCUT2D eigenvalue weighted by molar-refractivity contribution is -0.122. The Hall–Kier alpha value is -1.95. The Kier molecular flexibility index (Phi) is 5.37. The fourth-order valence-corrected chi connectivity index (χ4v) is 4.07. The molecule has 1 aromatic heterocycles. The molecule has 0 radical (unpaired) electrons. The first-order valence-corrected chi connectivity index (χ1v) is 9.35. The maximum Gasteiger partial charge on any atom is 0.340 e. The van der Waals surface area contributed by atoms with Crippen molar-refractivity contribution in [3.63, 3.8) is 0 Å². The largest absolute Gasteiger partial charge is 0.462 e. The number of fused-ring (bicyclic) bond motifs is 1. The van der Waals surface area contributed by atoms with Gasteiger partial charge in [0.05, 0.1) is 17.7 Å². The molecule has 1 aliphatic rings. The van der Waals surface area contributed by atoms with Crippen LogP contribution in [0.4, 0.5) is 0 Å². The van der Waals surface area contributed by atoms with E-state index in [1.54, 1.807) is 13.1 Å². The number of pyridine rings is 1. The zero-order chi connectivity index (χ0) is 18.0. The van der Waals surface area contributed by atoms with Crippen molar-refractivity contribution in [1.82, 2.24) is 4.98 Å². The van der Waals surface area contributed by atoms with E-state index in [4.69, 9.17) is 10.5 Å². The second kappa shape index (κ2) is 7.52. The van der Waals surface area contributed by atoms with Gasteiger partial charge in [-0.25, -0.2) is 4.79 Å². The van der Waals surface area contributed by atoms with Gasteiger partial charge in [-0.3, -0.25) is 9.78 Å². The average molecular weight is 405 g/mol. The minimum Gasteiger partial charge on any atom is -0.462 e. The molecule has 5 nitrogen and oxygen atoms in total. The second-order valence-corrected chi connectivity index (χ2v) is 7.35. The molecular formula is C19H21BrN2O3. The van der Waals surface area contributed by atoms with Gasteiger partial charge in [0, 0.05) is 22.0 Å². The quantitative estimate of drug-likeness (QED) is 0.782. The SMILES string of the molecule is CCOC(=O)c1cnc2ccc(Br)cc2c1C1CCCC(C(N)=O)C1. The summed E-state index contributed by atoms with van der Waals surface area (Å²) < 4.78 is 6.15. The van der Waals surface area contributed by atoms with Crippen LogP contribution in [-0.4, -0.2) is 23.5 Å². The van der Waals surface area contributed by atoms with E-state index in [2.05, 4.69) is 20.9 Å². The minimum atomic E-state index is -0.368. The van der Waals surface area contributed by atoms with Crippen LogP contribution in [0.15, 0.2) is 28.9 Å². The number of rotatable bonds is 4. The molecule has 2 unspecified atom stereocenters. The monoisotopic (exact) mass is 404 g/mol. The summed E-state index contributed by atoms with van der Waals surface area (Å²) in [7, 11) is 0. The number of amides is 1. The molecule has 1 saturated carbocycles. The van der Waals surface area contributed by atoms with Gasteiger partial charge in [0.15, 0.2) is 0 Å². The van der Waals surface area contributed by atoms with Crippen molar-refractivity contribution in [2.75, 3.05) is 6.61 Å². The van der Waals surface area contributed by atoms with E-state index in [0.29, 0.717) is 18.6 Å². The number of nitrogens with zero attached hydrogens (tertiary/aromatic N) is 1. The number of ether oxygens (including phenoxy) is 1. The van der Waals surface area contributed by atoms with Gasteiger partial charge in [-0.2, -0.15) is 0 Å². The van der Waals surface area contributed by atoms with Crippen LogP contribution >= 0.6 is 15.9 Å². The van der Waals surface area contributed by atoms with E-state index in [0.717, 1.165) is 40.2 Å². The molecule has 6 heteroatoms. The van der Waals surface area contributed by atoms with Crippen molar-refractivity contribution < 1.29 is 14.3 Å². The molecule has 0 spiro atoms. The molecular weight excluding hydrogens is 384 g/mol. The Balaban J connectivity index is 2.14. The zero-order valence-corrected chi connectivity index (χ0v) is 15.7. The lowest BCUT2D eigenvalue weighted by atomic mass is 9.75. The number of esters is 1. The molecule has 25 heavy (non-hydrogen) atoms. The highest BCUT2D eigenvalue weighted by molar-refractivity contribution is 9.10. The van der Waals surface area contributed by atoms with Gasteiger partial charge in [-0.05, 0) is 55.9 Å². The van der Waals surface area contributed by atoms with Gasteiger partial charge in [-0.1, -0.05) is 22.4 Å². The van der Waals surface area contributed by atoms with E-state index >= 15 is 0 Å². The van der Waals surface area contributed by atoms with Crippen LogP contribution in [0.2, 0.25) is 0 Å². The molecule has 1 fully saturated rings. The van der Waals surface area contributed by atoms with Crippen molar-refractivity contribution in [1.29, 1.82) is 0 Å². The number of primary amides is 1. The van der Waals surface area contributed by atoms with Crippen LogP contribution < -0.4 is 5.73 Å². The van der Waals surface area contributed by atoms with Crippen molar-refractivity contribution in [3.8, 4) is 0 Å². The van der Waals surface area contributed by atoms with Gasteiger partial charge in [0.2, 0.25) is 5.91 Å². The molecule has 2 aromatic rings. The summed E-state index contributed by atoms with van der Waals surface area (Å²) in [6.07, 6.45) is 4.90. The van der Waals surface area contributed by atoms with Crippen molar-refractivity contribution >= 4 is 38.7 Å². The number of hydrogen-bond donors (Lipinski definition) is 1. The summed E-state index contributed by atoms with van der Waals surface area (Å²) in [6, 6.07) is 5.83. The Morgan fingerprint density at radius 2 is 2.16 bits per heavy atom. The van der Waals surface area contributed by atoms with Crippen LogP contribution in [0.25, 0.3) is 10.9 Å². The third-order valence-corrected chi connectivity index (χ3v) is 5.35. The third-order valence-electron chi connectivity index (χ3n) is 4.85. The number of benzene rings is 1. The molecule has 1 aromatic carbocycles. The standard InChI is InChI=1S/C19H21BrN2O3/c1-2-25-19(24)15-10-22-16-7-6-13(20)9-14(16)17(15)11-4-3-5-12(8-11)18(21)23/h6-7,9-12H,2-5,8H2,1H3,(H2,21,23). The van der Waals surface area contributed by atoms with Crippen LogP contribution in [-0.2, 0) is 9.53 Å². The number of hydrogen-bond acceptors (Lipinski definition) is 4. The summed E-state index contributed by atoms with van der Waals surface area (Å²) in [5, 5.41) is 0.926. The second-order valence-electron chi connectivity index (χ2n) is 6.43. The molecule has 1 amide bonds. The number of carbonyl (C=O) groups excluding carboxylic acids is 2. The highest BCUT2D eigenvalue weighted by atomic mass is 79.9. The highest BCUT2D eigenvalue weighted by Crippen LogP contribution is 2.41. The maximum absolute atomic E-state index is 12.5. The van der Waals surface area contributed by atoms with Crippen molar-refractivity contribution in [2.45, 2.75) is 38.5 Å². The molecule has 0 aliphatic heterocycles. The van der Waals surface area contributed by atoms with Crippen LogP contribution in [0.1, 0.15) is 54.4 Å². The number of nitrogens with two attached hydrogens (primary N) is 1. The number of halogens is 1. The predicted molar refractivity (Wildman–Crippen MR) is 99.3 cm³/mol. The normalized spacial score (nSPS) is 20.4. The fourth-order valence-electron chi connectivity index (χ4n) is 3.71. The minimum absolute atomic E-state index is 0.0884. The Labute approximate surface area is 155 Å². The van der Waals surface area contributed by atoms with E-state index in [1.165, 1.54) is 0 Å². The fraction of sp³-hybridized carbons (Fsp3) is 0.421. The lowest BCUT2D eigenvalue weighted by Crippen LogP contribution is -2.28. The van der Waals surface area contributed by atoms with Crippen molar-refractivity contribution in [3.05, 3.63) is 40.0 Å². The van der Waals surface area contributed by atoms with Gasteiger partial charge >= 0.3 is 5.97 Å². The number of aromatic nitrogens is 1. The molecule has 0 saturated heterocycles. The summed E-state index contributed by atoms with van der Waals surface area (Å²) in [5.41, 5.74) is 7.78. The first kappa shape index (κ1) is 17.9. The average Bonchev–Trinajstić information content (AvgIpc) is 2.60. The summed E-state index contributed by atoms with van der Waals surface area (Å²) in [6.45, 7) is 2.09. The van der Waals surface area contributed by atoms with Gasteiger partial charge in [0.1, 0.15) is 0 Å². The van der Waals surface area contributed by atoms with Gasteiger partial charge in [0.25, 0.3) is 0 Å². The lowest BCUT2D eigenvalue weighted by Gasteiger charge is -2.29. The Morgan fingerprint density at radius 3 is 2.88 bits per heavy atom. The first-order valence-electron chi connectivity index (χ1n) is 8.55. The topological polar surface area (TPSA) is 82.3 Å². The van der Waals surface area contributed by atoms with Crippen LogP contribution in [0.3, 0.4) is 0 Å². The highest BCUT2D eigenvalue weighted by Gasteiger charge is 2.31. The zero-order valence-electron chi connectivity index (χ0n) is 14.1. The smallest absolute Gasteiger partial charge is 0.340 e.